The molecule has 4 N–H and O–H groups in total. The van der Waals surface area contributed by atoms with Crippen LogP contribution in [0, 0.1) is 26.7 Å². The zero-order chi connectivity index (χ0) is 15.7. The molecule has 1 atom stereocenters. The molecule has 0 fully saturated rings. The van der Waals surface area contributed by atoms with Gasteiger partial charge in [-0.2, -0.15) is 0 Å². The zero-order valence-corrected chi connectivity index (χ0v) is 13.5. The van der Waals surface area contributed by atoms with E-state index in [1.54, 1.807) is 19.9 Å². The Morgan fingerprint density at radius 2 is 1.80 bits per heavy atom. The minimum atomic E-state index is -3.68. The molecule has 1 unspecified atom stereocenters. The molecule has 114 valence electrons. The molecular weight excluding hydrogens is 276 g/mol. The first-order chi connectivity index (χ1) is 9.08. The summed E-state index contributed by atoms with van der Waals surface area (Å²) in [4.78, 5) is 0.205. The fourth-order valence-electron chi connectivity index (χ4n) is 2.10. The number of aryl methyl sites for hydroxylation is 2. The molecule has 1 rings (SSSR count). The second-order valence-electron chi connectivity index (χ2n) is 5.54. The van der Waals surface area contributed by atoms with Crippen molar-refractivity contribution in [3.8, 4) is 0 Å². The normalized spacial score (nSPS) is 13.8. The molecule has 0 amide bonds. The van der Waals surface area contributed by atoms with E-state index in [1.807, 2.05) is 20.8 Å². The van der Waals surface area contributed by atoms with Crippen LogP contribution in [0.4, 0.5) is 5.69 Å². The van der Waals surface area contributed by atoms with Gasteiger partial charge in [0.1, 0.15) is 0 Å². The molecule has 0 spiro atoms. The number of hydrogen-bond acceptors (Lipinski definition) is 4. The molecule has 0 aliphatic carbocycles. The molecule has 0 saturated heterocycles. The summed E-state index contributed by atoms with van der Waals surface area (Å²) in [6, 6.07) is 1.76. The van der Waals surface area contributed by atoms with Gasteiger partial charge in [-0.15, -0.1) is 0 Å². The molecule has 1 aromatic rings. The highest BCUT2D eigenvalue weighted by atomic mass is 32.2. The number of anilines is 1. The average Bonchev–Trinajstić information content (AvgIpc) is 2.32. The number of nitrogens with one attached hydrogen (secondary N) is 1. The highest BCUT2D eigenvalue weighted by molar-refractivity contribution is 7.89. The number of rotatable bonds is 5. The van der Waals surface area contributed by atoms with Gasteiger partial charge in [-0.3, -0.25) is 0 Å². The molecule has 0 saturated carbocycles. The molecule has 0 aromatic heterocycles. The van der Waals surface area contributed by atoms with Gasteiger partial charge < -0.3 is 10.8 Å². The van der Waals surface area contributed by atoms with E-state index in [0.29, 0.717) is 16.8 Å². The fourth-order valence-corrected chi connectivity index (χ4v) is 3.63. The van der Waals surface area contributed by atoms with Crippen molar-refractivity contribution in [3.63, 3.8) is 0 Å². The largest absolute Gasteiger partial charge is 0.398 e. The second-order valence-corrected chi connectivity index (χ2v) is 7.25. The summed E-state index contributed by atoms with van der Waals surface area (Å²) in [6.45, 7) is 8.95. The summed E-state index contributed by atoms with van der Waals surface area (Å²) < 4.78 is 27.2. The number of sulfonamides is 1. The van der Waals surface area contributed by atoms with Crippen LogP contribution in [0.25, 0.3) is 0 Å². The molecule has 0 radical (unpaired) electrons. The third-order valence-electron chi connectivity index (χ3n) is 3.48. The van der Waals surface area contributed by atoms with Crippen LogP contribution < -0.4 is 10.5 Å². The number of nitrogen functional groups attached to an aromatic ring is 1. The molecular formula is C14H24N2O3S. The maximum absolute atomic E-state index is 12.4. The number of nitrogens with two attached hydrogens (primary N) is 1. The lowest BCUT2D eigenvalue weighted by Gasteiger charge is -2.18. The van der Waals surface area contributed by atoms with Crippen LogP contribution in [0.15, 0.2) is 11.0 Å². The summed E-state index contributed by atoms with van der Waals surface area (Å²) in [6.07, 6.45) is -0.715. The molecule has 0 aliphatic rings. The van der Waals surface area contributed by atoms with E-state index < -0.39 is 16.1 Å². The zero-order valence-electron chi connectivity index (χ0n) is 12.7. The predicted octanol–water partition coefficient (Wildman–Crippen LogP) is 1.49. The smallest absolute Gasteiger partial charge is 0.241 e. The summed E-state index contributed by atoms with van der Waals surface area (Å²) in [5.41, 5.74) is 8.46. The standard InChI is InChI=1S/C14H24N2O3S/c1-8(2)12(17)7-16-20(18,19)14-10(4)6-9(3)13(15)11(14)5/h6,8,12,16-17H,7,15H2,1-5H3. The lowest BCUT2D eigenvalue weighted by Crippen LogP contribution is -2.35. The van der Waals surface area contributed by atoms with Crippen LogP contribution in [0.2, 0.25) is 0 Å². The number of aliphatic hydroxyl groups excluding tert-OH is 1. The minimum absolute atomic E-state index is 0.00728. The predicted molar refractivity (Wildman–Crippen MR) is 81.1 cm³/mol. The van der Waals surface area contributed by atoms with Gasteiger partial charge in [-0.1, -0.05) is 19.9 Å². The van der Waals surface area contributed by atoms with Gasteiger partial charge >= 0.3 is 0 Å². The van der Waals surface area contributed by atoms with E-state index in [0.717, 1.165) is 5.56 Å². The van der Waals surface area contributed by atoms with Crippen molar-refractivity contribution in [2.24, 2.45) is 5.92 Å². The molecule has 5 nitrogen and oxygen atoms in total. The van der Waals surface area contributed by atoms with E-state index in [-0.39, 0.29) is 17.4 Å². The molecule has 1 aromatic carbocycles. The van der Waals surface area contributed by atoms with Crippen LogP contribution in [0.3, 0.4) is 0 Å². The number of benzene rings is 1. The summed E-state index contributed by atoms with van der Waals surface area (Å²) in [5.74, 6) is -0.0111. The topological polar surface area (TPSA) is 92.4 Å². The second kappa shape index (κ2) is 6.11. The van der Waals surface area contributed by atoms with Crippen LogP contribution in [0.1, 0.15) is 30.5 Å². The molecule has 20 heavy (non-hydrogen) atoms. The SMILES string of the molecule is Cc1cc(C)c(S(=O)(=O)NCC(O)C(C)C)c(C)c1N. The maximum Gasteiger partial charge on any atom is 0.241 e. The summed E-state index contributed by atoms with van der Waals surface area (Å²) >= 11 is 0. The summed E-state index contributed by atoms with van der Waals surface area (Å²) in [5, 5.41) is 9.72. The van der Waals surface area contributed by atoms with Crippen LogP contribution in [-0.4, -0.2) is 26.2 Å². The van der Waals surface area contributed by atoms with Gasteiger partial charge in [0.25, 0.3) is 0 Å². The fraction of sp³-hybridized carbons (Fsp3) is 0.571. The first-order valence-electron chi connectivity index (χ1n) is 6.62. The lowest BCUT2D eigenvalue weighted by atomic mass is 10.1. The van der Waals surface area contributed by atoms with E-state index in [4.69, 9.17) is 5.73 Å². The monoisotopic (exact) mass is 300 g/mol. The Bertz CT molecular complexity index is 595. The first kappa shape index (κ1) is 16.9. The van der Waals surface area contributed by atoms with Gasteiger partial charge in [0.2, 0.25) is 10.0 Å². The Morgan fingerprint density at radius 1 is 1.25 bits per heavy atom. The lowest BCUT2D eigenvalue weighted by molar-refractivity contribution is 0.129. The van der Waals surface area contributed by atoms with Crippen LogP contribution in [-0.2, 0) is 10.0 Å². The third-order valence-corrected chi connectivity index (χ3v) is 5.19. The van der Waals surface area contributed by atoms with Crippen molar-refractivity contribution in [1.29, 1.82) is 0 Å². The number of hydrogen-bond donors (Lipinski definition) is 3. The van der Waals surface area contributed by atoms with E-state index in [2.05, 4.69) is 4.72 Å². The van der Waals surface area contributed by atoms with Crippen molar-refractivity contribution in [3.05, 3.63) is 22.8 Å². The van der Waals surface area contributed by atoms with E-state index in [9.17, 15) is 13.5 Å². The van der Waals surface area contributed by atoms with Gasteiger partial charge in [-0.25, -0.2) is 13.1 Å². The molecule has 0 aliphatic heterocycles. The van der Waals surface area contributed by atoms with Crippen LogP contribution in [0.5, 0.6) is 0 Å². The maximum atomic E-state index is 12.4. The Morgan fingerprint density at radius 3 is 2.30 bits per heavy atom. The Kier molecular flexibility index (Phi) is 5.18. The number of aliphatic hydroxyl groups is 1. The highest BCUT2D eigenvalue weighted by Gasteiger charge is 2.23. The quantitative estimate of drug-likeness (QED) is 0.718. The van der Waals surface area contributed by atoms with Gasteiger partial charge in [0.05, 0.1) is 11.0 Å². The van der Waals surface area contributed by atoms with Crippen molar-refractivity contribution in [2.75, 3.05) is 12.3 Å². The van der Waals surface area contributed by atoms with Crippen molar-refractivity contribution >= 4 is 15.7 Å². The molecule has 6 heteroatoms. The van der Waals surface area contributed by atoms with Gasteiger partial charge in [-0.05, 0) is 43.4 Å². The Balaban J connectivity index is 3.14. The van der Waals surface area contributed by atoms with E-state index >= 15 is 0 Å². The Hall–Kier alpha value is -1.11. The van der Waals surface area contributed by atoms with Crippen molar-refractivity contribution < 1.29 is 13.5 Å². The average molecular weight is 300 g/mol. The highest BCUT2D eigenvalue weighted by Crippen LogP contribution is 2.27. The van der Waals surface area contributed by atoms with Gasteiger partial charge in [0.15, 0.2) is 0 Å². The van der Waals surface area contributed by atoms with Gasteiger partial charge in [0, 0.05) is 12.2 Å². The summed E-state index contributed by atoms with van der Waals surface area (Å²) in [7, 11) is -3.68. The molecule has 0 bridgehead atoms. The first-order valence-corrected chi connectivity index (χ1v) is 8.10. The van der Waals surface area contributed by atoms with E-state index in [1.165, 1.54) is 0 Å². The third kappa shape index (κ3) is 3.50. The Labute approximate surface area is 121 Å². The van der Waals surface area contributed by atoms with Crippen molar-refractivity contribution in [1.82, 2.24) is 4.72 Å². The van der Waals surface area contributed by atoms with Crippen molar-refractivity contribution in [2.45, 2.75) is 45.6 Å². The molecule has 0 heterocycles. The van der Waals surface area contributed by atoms with Crippen LogP contribution >= 0.6 is 0 Å². The minimum Gasteiger partial charge on any atom is -0.398 e.